The van der Waals surface area contributed by atoms with E-state index in [2.05, 4.69) is 4.74 Å². The number of aliphatic hydroxyl groups excluding tert-OH is 1. The fraction of sp³-hybridized carbons (Fsp3) is 0.471. The molecule has 1 heterocycles. The SMILES string of the molecule is COC(=O)[C@H]1OC(/C=C/S(=O)(=O)c2ccccc2)[C@@H](C)[C@@H](O)C1C. The van der Waals surface area contributed by atoms with Crippen LogP contribution in [-0.2, 0) is 24.1 Å². The Hall–Kier alpha value is -1.70. The molecule has 2 rings (SSSR count). The minimum absolute atomic E-state index is 0.170. The van der Waals surface area contributed by atoms with Crippen molar-refractivity contribution < 1.29 is 27.8 Å². The smallest absolute Gasteiger partial charge is 0.335 e. The Kier molecular flexibility index (Phi) is 5.79. The normalized spacial score (nSPS) is 31.1. The molecule has 1 aliphatic heterocycles. The van der Waals surface area contributed by atoms with Gasteiger partial charge in [-0.15, -0.1) is 0 Å². The molecule has 1 N–H and O–H groups in total. The van der Waals surface area contributed by atoms with Gasteiger partial charge in [0.25, 0.3) is 0 Å². The van der Waals surface area contributed by atoms with Crippen molar-refractivity contribution in [3.63, 3.8) is 0 Å². The zero-order valence-corrected chi connectivity index (χ0v) is 14.6. The first-order valence-corrected chi connectivity index (χ1v) is 9.22. The van der Waals surface area contributed by atoms with Crippen molar-refractivity contribution in [1.82, 2.24) is 0 Å². The van der Waals surface area contributed by atoms with Gasteiger partial charge in [0.15, 0.2) is 15.9 Å². The molecule has 7 heteroatoms. The molecule has 5 atom stereocenters. The van der Waals surface area contributed by atoms with Gasteiger partial charge in [-0.2, -0.15) is 0 Å². The predicted octanol–water partition coefficient (Wildman–Crippen LogP) is 1.55. The summed E-state index contributed by atoms with van der Waals surface area (Å²) in [6, 6.07) is 8.00. The first kappa shape index (κ1) is 18.6. The zero-order chi connectivity index (χ0) is 17.9. The molecule has 24 heavy (non-hydrogen) atoms. The van der Waals surface area contributed by atoms with E-state index in [0.29, 0.717) is 0 Å². The largest absolute Gasteiger partial charge is 0.467 e. The second-order valence-corrected chi connectivity index (χ2v) is 7.77. The van der Waals surface area contributed by atoms with Crippen LogP contribution in [0.15, 0.2) is 46.7 Å². The van der Waals surface area contributed by atoms with Crippen molar-refractivity contribution in [2.75, 3.05) is 7.11 Å². The van der Waals surface area contributed by atoms with E-state index in [1.54, 1.807) is 32.0 Å². The number of ether oxygens (including phenoxy) is 2. The van der Waals surface area contributed by atoms with Crippen molar-refractivity contribution in [3.8, 4) is 0 Å². The lowest BCUT2D eigenvalue weighted by Crippen LogP contribution is -2.51. The Balaban J connectivity index is 2.22. The maximum Gasteiger partial charge on any atom is 0.335 e. The third-order valence-electron chi connectivity index (χ3n) is 4.33. The summed E-state index contributed by atoms with van der Waals surface area (Å²) in [4.78, 5) is 12.0. The lowest BCUT2D eigenvalue weighted by Gasteiger charge is -2.40. The molecule has 0 spiro atoms. The molecule has 2 unspecified atom stereocenters. The van der Waals surface area contributed by atoms with Gasteiger partial charge in [-0.1, -0.05) is 32.0 Å². The van der Waals surface area contributed by atoms with Gasteiger partial charge in [0.1, 0.15) is 0 Å². The molecule has 132 valence electrons. The maximum atomic E-state index is 12.3. The first-order chi connectivity index (χ1) is 11.3. The Bertz CT molecular complexity index is 697. The lowest BCUT2D eigenvalue weighted by atomic mass is 9.83. The molecule has 1 aromatic rings. The number of hydrogen-bond acceptors (Lipinski definition) is 6. The van der Waals surface area contributed by atoms with E-state index in [1.807, 2.05) is 0 Å². The van der Waals surface area contributed by atoms with E-state index in [1.165, 1.54) is 25.3 Å². The van der Waals surface area contributed by atoms with Crippen molar-refractivity contribution in [2.45, 2.75) is 37.1 Å². The molecular formula is C17H22O6S. The number of aliphatic hydroxyl groups is 1. The van der Waals surface area contributed by atoms with Gasteiger partial charge < -0.3 is 14.6 Å². The predicted molar refractivity (Wildman–Crippen MR) is 87.8 cm³/mol. The van der Waals surface area contributed by atoms with Crippen molar-refractivity contribution >= 4 is 15.8 Å². The van der Waals surface area contributed by atoms with Crippen LogP contribution in [0.25, 0.3) is 0 Å². The zero-order valence-electron chi connectivity index (χ0n) is 13.8. The summed E-state index contributed by atoms with van der Waals surface area (Å²) in [7, 11) is -2.37. The van der Waals surface area contributed by atoms with Crippen LogP contribution >= 0.6 is 0 Å². The topological polar surface area (TPSA) is 89.9 Å². The quantitative estimate of drug-likeness (QED) is 0.825. The second kappa shape index (κ2) is 7.46. The van der Waals surface area contributed by atoms with E-state index < -0.39 is 40.0 Å². The van der Waals surface area contributed by atoms with Gasteiger partial charge in [0.2, 0.25) is 0 Å². The van der Waals surface area contributed by atoms with Crippen LogP contribution in [0.2, 0.25) is 0 Å². The Morgan fingerprint density at radius 3 is 2.42 bits per heavy atom. The van der Waals surface area contributed by atoms with E-state index in [4.69, 9.17) is 4.74 Å². The molecule has 1 aromatic carbocycles. The second-order valence-electron chi connectivity index (χ2n) is 5.94. The van der Waals surface area contributed by atoms with E-state index in [0.717, 1.165) is 5.41 Å². The van der Waals surface area contributed by atoms with Crippen LogP contribution in [-0.4, -0.2) is 44.9 Å². The molecule has 1 saturated heterocycles. The molecular weight excluding hydrogens is 332 g/mol. The van der Waals surface area contributed by atoms with Gasteiger partial charge in [-0.3, -0.25) is 0 Å². The van der Waals surface area contributed by atoms with Gasteiger partial charge >= 0.3 is 5.97 Å². The molecule has 6 nitrogen and oxygen atoms in total. The summed E-state index contributed by atoms with van der Waals surface area (Å²) in [6.45, 7) is 3.45. The summed E-state index contributed by atoms with van der Waals surface area (Å²) in [6.07, 6.45) is -1.08. The summed E-state index contributed by atoms with van der Waals surface area (Å²) in [5.74, 6) is -1.39. The summed E-state index contributed by atoms with van der Waals surface area (Å²) >= 11 is 0. The number of hydrogen-bond donors (Lipinski definition) is 1. The molecule has 0 amide bonds. The first-order valence-electron chi connectivity index (χ1n) is 7.67. The van der Waals surface area contributed by atoms with E-state index in [9.17, 15) is 18.3 Å². The standard InChI is InChI=1S/C17H22O6S/c1-11-14(23-16(17(19)22-3)12(2)15(11)18)9-10-24(20,21)13-7-5-4-6-8-13/h4-12,14-16,18H,1-3H3/b10-9+/t11-,12?,14?,15-,16+/m1/s1. The summed E-state index contributed by atoms with van der Waals surface area (Å²) < 4.78 is 35.0. The number of carbonyl (C=O) groups is 1. The fourth-order valence-corrected chi connectivity index (χ4v) is 3.80. The number of methoxy groups -OCH3 is 1. The highest BCUT2D eigenvalue weighted by Gasteiger charge is 2.43. The molecule has 1 aliphatic rings. The van der Waals surface area contributed by atoms with Gasteiger partial charge in [0, 0.05) is 17.2 Å². The van der Waals surface area contributed by atoms with E-state index in [-0.39, 0.29) is 10.8 Å². The molecule has 0 aromatic heterocycles. The van der Waals surface area contributed by atoms with E-state index >= 15 is 0 Å². The highest BCUT2D eigenvalue weighted by atomic mass is 32.2. The molecule has 0 bridgehead atoms. The molecule has 0 aliphatic carbocycles. The lowest BCUT2D eigenvalue weighted by molar-refractivity contribution is -0.185. The summed E-state index contributed by atoms with van der Waals surface area (Å²) in [5, 5.41) is 11.4. The van der Waals surface area contributed by atoms with Crippen LogP contribution in [0.5, 0.6) is 0 Å². The fourth-order valence-electron chi connectivity index (χ4n) is 2.75. The Morgan fingerprint density at radius 1 is 1.21 bits per heavy atom. The molecule has 0 saturated carbocycles. The molecule has 0 radical (unpaired) electrons. The van der Waals surface area contributed by atoms with Crippen LogP contribution in [0, 0.1) is 11.8 Å². The minimum atomic E-state index is -3.62. The number of carbonyl (C=O) groups excluding carboxylic acids is 1. The minimum Gasteiger partial charge on any atom is -0.467 e. The number of benzene rings is 1. The maximum absolute atomic E-state index is 12.3. The third-order valence-corrected chi connectivity index (χ3v) is 5.77. The van der Waals surface area contributed by atoms with Crippen LogP contribution < -0.4 is 0 Å². The Labute approximate surface area is 142 Å². The van der Waals surface area contributed by atoms with Gasteiger partial charge in [-0.25, -0.2) is 13.2 Å². The number of esters is 1. The number of rotatable bonds is 4. The average Bonchev–Trinajstić information content (AvgIpc) is 2.59. The van der Waals surface area contributed by atoms with Gasteiger partial charge in [-0.05, 0) is 18.2 Å². The van der Waals surface area contributed by atoms with Gasteiger partial charge in [0.05, 0.1) is 24.2 Å². The molecule has 1 fully saturated rings. The van der Waals surface area contributed by atoms with Crippen LogP contribution in [0.1, 0.15) is 13.8 Å². The van der Waals surface area contributed by atoms with Crippen molar-refractivity contribution in [3.05, 3.63) is 41.8 Å². The van der Waals surface area contributed by atoms with Crippen molar-refractivity contribution in [1.29, 1.82) is 0 Å². The third kappa shape index (κ3) is 3.85. The monoisotopic (exact) mass is 354 g/mol. The highest BCUT2D eigenvalue weighted by Crippen LogP contribution is 2.31. The Morgan fingerprint density at radius 2 is 1.83 bits per heavy atom. The van der Waals surface area contributed by atoms with Crippen LogP contribution in [0.3, 0.4) is 0 Å². The average molecular weight is 354 g/mol. The number of sulfone groups is 1. The van der Waals surface area contributed by atoms with Crippen LogP contribution in [0.4, 0.5) is 0 Å². The highest BCUT2D eigenvalue weighted by molar-refractivity contribution is 7.94. The van der Waals surface area contributed by atoms with Crippen molar-refractivity contribution in [2.24, 2.45) is 11.8 Å². The summed E-state index contributed by atoms with van der Waals surface area (Å²) in [5.41, 5.74) is 0.